The molecule has 1 saturated carbocycles. The zero-order valence-electron chi connectivity index (χ0n) is 13.4. The standard InChI is InChI=1S/C18H14ClF3N2O2/c19-13-3-1-2-4-14(13)24-16(26)17(9-10-17)15(25)23-12-7-5-11(6-8-12)18(20,21)22/h1-8H,9-10H2,(H,23,25)(H,24,26). The molecule has 26 heavy (non-hydrogen) atoms. The first kappa shape index (κ1) is 18.3. The quantitative estimate of drug-likeness (QED) is 0.752. The van der Waals surface area contributed by atoms with Crippen molar-refractivity contribution in [3.63, 3.8) is 0 Å². The van der Waals surface area contributed by atoms with Gasteiger partial charge in [0.1, 0.15) is 5.41 Å². The Balaban J connectivity index is 1.69. The summed E-state index contributed by atoms with van der Waals surface area (Å²) in [6.45, 7) is 0. The molecule has 8 heteroatoms. The van der Waals surface area contributed by atoms with Crippen LogP contribution in [0, 0.1) is 5.41 Å². The summed E-state index contributed by atoms with van der Waals surface area (Å²) >= 11 is 5.99. The molecule has 0 unspecified atom stereocenters. The SMILES string of the molecule is O=C(Nc1ccc(C(F)(F)F)cc1)C1(C(=O)Nc2ccccc2Cl)CC1. The van der Waals surface area contributed by atoms with Gasteiger partial charge in [-0.2, -0.15) is 13.2 Å². The summed E-state index contributed by atoms with van der Waals surface area (Å²) in [6.07, 6.45) is -3.74. The smallest absolute Gasteiger partial charge is 0.325 e. The van der Waals surface area contributed by atoms with E-state index < -0.39 is 29.0 Å². The second-order valence-corrected chi connectivity index (χ2v) is 6.45. The molecule has 1 aliphatic carbocycles. The van der Waals surface area contributed by atoms with Crippen molar-refractivity contribution < 1.29 is 22.8 Å². The number of alkyl halides is 3. The number of amides is 2. The van der Waals surface area contributed by atoms with Crippen LogP contribution in [0.15, 0.2) is 48.5 Å². The van der Waals surface area contributed by atoms with Crippen LogP contribution in [-0.4, -0.2) is 11.8 Å². The Bertz CT molecular complexity index is 846. The Hall–Kier alpha value is -2.54. The molecule has 0 radical (unpaired) electrons. The molecule has 0 heterocycles. The van der Waals surface area contributed by atoms with E-state index in [-0.39, 0.29) is 5.69 Å². The third-order valence-corrected chi connectivity index (χ3v) is 4.54. The number of benzene rings is 2. The summed E-state index contributed by atoms with van der Waals surface area (Å²) in [5.74, 6) is -1.04. The molecule has 3 rings (SSSR count). The van der Waals surface area contributed by atoms with Crippen molar-refractivity contribution >= 4 is 34.8 Å². The van der Waals surface area contributed by atoms with Crippen LogP contribution in [0.25, 0.3) is 0 Å². The number of rotatable bonds is 4. The van der Waals surface area contributed by atoms with Gasteiger partial charge in [0.05, 0.1) is 16.3 Å². The summed E-state index contributed by atoms with van der Waals surface area (Å²) in [7, 11) is 0. The van der Waals surface area contributed by atoms with E-state index in [2.05, 4.69) is 10.6 Å². The van der Waals surface area contributed by atoms with E-state index in [1.54, 1.807) is 24.3 Å². The second kappa shape index (κ2) is 6.64. The Kier molecular flexibility index (Phi) is 4.66. The highest BCUT2D eigenvalue weighted by Gasteiger charge is 2.56. The molecule has 0 aromatic heterocycles. The van der Waals surface area contributed by atoms with Gasteiger partial charge in [-0.1, -0.05) is 23.7 Å². The number of nitrogens with one attached hydrogen (secondary N) is 2. The highest BCUT2D eigenvalue weighted by Crippen LogP contribution is 2.47. The molecule has 4 nitrogen and oxygen atoms in total. The Morgan fingerprint density at radius 3 is 2.04 bits per heavy atom. The molecule has 0 aliphatic heterocycles. The summed E-state index contributed by atoms with van der Waals surface area (Å²) in [5, 5.41) is 5.48. The third-order valence-electron chi connectivity index (χ3n) is 4.21. The van der Waals surface area contributed by atoms with Crippen LogP contribution in [0.3, 0.4) is 0 Å². The van der Waals surface area contributed by atoms with Gasteiger partial charge in [-0.25, -0.2) is 0 Å². The van der Waals surface area contributed by atoms with E-state index in [0.29, 0.717) is 23.6 Å². The molecule has 136 valence electrons. The average molecular weight is 383 g/mol. The Morgan fingerprint density at radius 1 is 0.923 bits per heavy atom. The van der Waals surface area contributed by atoms with E-state index in [9.17, 15) is 22.8 Å². The molecule has 0 spiro atoms. The highest BCUT2D eigenvalue weighted by molar-refractivity contribution is 6.34. The van der Waals surface area contributed by atoms with E-state index in [4.69, 9.17) is 11.6 Å². The minimum Gasteiger partial charge on any atom is -0.325 e. The molecule has 1 aliphatic rings. The number of anilines is 2. The molecular formula is C18H14ClF3N2O2. The maximum absolute atomic E-state index is 12.6. The fraction of sp³-hybridized carbons (Fsp3) is 0.222. The zero-order valence-corrected chi connectivity index (χ0v) is 14.1. The van der Waals surface area contributed by atoms with Crippen LogP contribution in [0.5, 0.6) is 0 Å². The van der Waals surface area contributed by atoms with Gasteiger partial charge in [-0.3, -0.25) is 9.59 Å². The molecule has 0 saturated heterocycles. The van der Waals surface area contributed by atoms with Crippen molar-refractivity contribution in [3.8, 4) is 0 Å². The molecule has 2 aromatic carbocycles. The molecule has 1 fully saturated rings. The monoisotopic (exact) mass is 382 g/mol. The first-order chi connectivity index (χ1) is 12.2. The summed E-state index contributed by atoms with van der Waals surface area (Å²) in [6, 6.07) is 10.7. The number of carbonyl (C=O) groups excluding carboxylic acids is 2. The lowest BCUT2D eigenvalue weighted by molar-refractivity contribution is -0.137. The maximum atomic E-state index is 12.6. The average Bonchev–Trinajstić information content (AvgIpc) is 3.38. The molecule has 2 aromatic rings. The van der Waals surface area contributed by atoms with Crippen LogP contribution >= 0.6 is 11.6 Å². The first-order valence-corrected chi connectivity index (χ1v) is 8.15. The Labute approximate surface area is 152 Å². The lowest BCUT2D eigenvalue weighted by Crippen LogP contribution is -2.35. The molecule has 2 N–H and O–H groups in total. The first-order valence-electron chi connectivity index (χ1n) is 7.77. The van der Waals surface area contributed by atoms with Gasteiger partial charge in [0, 0.05) is 5.69 Å². The predicted molar refractivity (Wildman–Crippen MR) is 91.8 cm³/mol. The summed E-state index contributed by atoms with van der Waals surface area (Å²) < 4.78 is 37.7. The van der Waals surface area contributed by atoms with Gasteiger partial charge in [0.25, 0.3) is 0 Å². The topological polar surface area (TPSA) is 58.2 Å². The minimum absolute atomic E-state index is 0.194. The van der Waals surface area contributed by atoms with Crippen molar-refractivity contribution in [1.82, 2.24) is 0 Å². The largest absolute Gasteiger partial charge is 0.416 e. The zero-order chi connectivity index (χ0) is 18.9. The van der Waals surface area contributed by atoms with Gasteiger partial charge < -0.3 is 10.6 Å². The van der Waals surface area contributed by atoms with Gasteiger partial charge in [0.15, 0.2) is 0 Å². The van der Waals surface area contributed by atoms with Gasteiger partial charge in [-0.15, -0.1) is 0 Å². The number of carbonyl (C=O) groups is 2. The number of halogens is 4. The van der Waals surface area contributed by atoms with E-state index >= 15 is 0 Å². The molecule has 2 amide bonds. The predicted octanol–water partition coefficient (Wildman–Crippen LogP) is 4.72. The van der Waals surface area contributed by atoms with Gasteiger partial charge in [0.2, 0.25) is 11.8 Å². The van der Waals surface area contributed by atoms with Crippen molar-refractivity contribution in [2.45, 2.75) is 19.0 Å². The Morgan fingerprint density at radius 2 is 1.50 bits per heavy atom. The van der Waals surface area contributed by atoms with E-state index in [1.807, 2.05) is 0 Å². The highest BCUT2D eigenvalue weighted by atomic mass is 35.5. The summed E-state index contributed by atoms with van der Waals surface area (Å²) in [5.41, 5.74) is -1.46. The van der Waals surface area contributed by atoms with Crippen LogP contribution in [0.4, 0.5) is 24.5 Å². The van der Waals surface area contributed by atoms with Crippen molar-refractivity contribution in [2.75, 3.05) is 10.6 Å². The fourth-order valence-corrected chi connectivity index (χ4v) is 2.66. The van der Waals surface area contributed by atoms with Crippen molar-refractivity contribution in [3.05, 3.63) is 59.1 Å². The van der Waals surface area contributed by atoms with Crippen LogP contribution < -0.4 is 10.6 Å². The van der Waals surface area contributed by atoms with Gasteiger partial charge >= 0.3 is 6.18 Å². The van der Waals surface area contributed by atoms with Crippen LogP contribution in [-0.2, 0) is 15.8 Å². The molecule has 0 atom stereocenters. The fourth-order valence-electron chi connectivity index (χ4n) is 2.48. The molecular weight excluding hydrogens is 369 g/mol. The number of hydrogen-bond donors (Lipinski definition) is 2. The lowest BCUT2D eigenvalue weighted by atomic mass is 10.0. The number of para-hydroxylation sites is 1. The molecule has 0 bridgehead atoms. The lowest BCUT2D eigenvalue weighted by Gasteiger charge is -2.16. The second-order valence-electron chi connectivity index (χ2n) is 6.05. The number of hydrogen-bond acceptors (Lipinski definition) is 2. The maximum Gasteiger partial charge on any atom is 0.416 e. The van der Waals surface area contributed by atoms with Gasteiger partial charge in [-0.05, 0) is 49.2 Å². The van der Waals surface area contributed by atoms with Crippen LogP contribution in [0.1, 0.15) is 18.4 Å². The third kappa shape index (κ3) is 3.67. The van der Waals surface area contributed by atoms with Crippen LogP contribution in [0.2, 0.25) is 5.02 Å². The minimum atomic E-state index is -4.45. The van der Waals surface area contributed by atoms with Crippen molar-refractivity contribution in [2.24, 2.45) is 5.41 Å². The summed E-state index contributed by atoms with van der Waals surface area (Å²) in [4.78, 5) is 25.0. The van der Waals surface area contributed by atoms with E-state index in [0.717, 1.165) is 24.3 Å². The normalized spacial score (nSPS) is 15.2. The van der Waals surface area contributed by atoms with Crippen molar-refractivity contribution in [1.29, 1.82) is 0 Å². The van der Waals surface area contributed by atoms with E-state index in [1.165, 1.54) is 0 Å².